The molecule has 3 aromatic rings. The molecule has 10 heteroatoms. The van der Waals surface area contributed by atoms with E-state index >= 15 is 0 Å². The van der Waals surface area contributed by atoms with Gasteiger partial charge in [0.2, 0.25) is 0 Å². The predicted molar refractivity (Wildman–Crippen MR) is 97.7 cm³/mol. The number of nitrogens with zero attached hydrogens (tertiary/aromatic N) is 2. The second-order valence-electron chi connectivity index (χ2n) is 5.35. The van der Waals surface area contributed by atoms with Crippen molar-refractivity contribution in [3.8, 4) is 17.1 Å². The number of ether oxygens (including phenoxy) is 1. The van der Waals surface area contributed by atoms with Crippen molar-refractivity contribution in [2.24, 2.45) is 0 Å². The van der Waals surface area contributed by atoms with Crippen molar-refractivity contribution in [2.75, 3.05) is 7.11 Å². The van der Waals surface area contributed by atoms with E-state index in [0.29, 0.717) is 39.9 Å². The first-order valence-corrected chi connectivity index (χ1v) is 9.85. The number of aromatic amines is 1. The van der Waals surface area contributed by atoms with Crippen molar-refractivity contribution < 1.29 is 13.2 Å². The van der Waals surface area contributed by atoms with Crippen LogP contribution in [0.5, 0.6) is 5.75 Å². The number of sulfonamides is 1. The fourth-order valence-electron chi connectivity index (χ4n) is 2.30. The lowest BCUT2D eigenvalue weighted by molar-refractivity contribution is 0.413. The molecule has 26 heavy (non-hydrogen) atoms. The molecule has 0 aliphatic heterocycles. The molecule has 0 aromatic carbocycles. The average Bonchev–Trinajstić information content (AvgIpc) is 2.99. The lowest BCUT2D eigenvalue weighted by Crippen LogP contribution is -2.23. The van der Waals surface area contributed by atoms with Crippen molar-refractivity contribution in [2.45, 2.75) is 17.7 Å². The quantitative estimate of drug-likeness (QED) is 0.660. The summed E-state index contributed by atoms with van der Waals surface area (Å²) in [4.78, 5) is 22.1. The Labute approximate surface area is 154 Å². The number of thiazole rings is 1. The van der Waals surface area contributed by atoms with Gasteiger partial charge in [0, 0.05) is 24.0 Å². The van der Waals surface area contributed by atoms with Gasteiger partial charge in [0.15, 0.2) is 4.21 Å². The molecule has 136 valence electrons. The summed E-state index contributed by atoms with van der Waals surface area (Å²) in [5, 5.41) is 0. The van der Waals surface area contributed by atoms with Crippen LogP contribution in [0.2, 0.25) is 0 Å². The first-order chi connectivity index (χ1) is 12.4. The Balaban J connectivity index is 1.88. The van der Waals surface area contributed by atoms with Gasteiger partial charge in [0.25, 0.3) is 10.0 Å². The zero-order chi connectivity index (χ0) is 18.7. The van der Waals surface area contributed by atoms with Crippen LogP contribution in [-0.4, -0.2) is 30.5 Å². The van der Waals surface area contributed by atoms with E-state index in [9.17, 15) is 13.2 Å². The van der Waals surface area contributed by atoms with Gasteiger partial charge in [0.05, 0.1) is 30.7 Å². The monoisotopic (exact) mass is 392 g/mol. The lowest BCUT2D eigenvalue weighted by Gasteiger charge is -2.09. The van der Waals surface area contributed by atoms with Crippen LogP contribution in [0.15, 0.2) is 45.5 Å². The topological polar surface area (TPSA) is 114 Å². The van der Waals surface area contributed by atoms with Gasteiger partial charge in [-0.25, -0.2) is 18.1 Å². The molecule has 0 atom stereocenters. The number of hydrogen-bond donors (Lipinski definition) is 2. The third kappa shape index (κ3) is 3.98. The minimum Gasteiger partial charge on any atom is -0.497 e. The van der Waals surface area contributed by atoms with Crippen LogP contribution < -0.4 is 14.3 Å². The summed E-state index contributed by atoms with van der Waals surface area (Å²) in [6.45, 7) is 1.49. The summed E-state index contributed by atoms with van der Waals surface area (Å²) >= 11 is 0.647. The molecular formula is C16H16N4O4S2. The fraction of sp³-hybridized carbons (Fsp3) is 0.188. The van der Waals surface area contributed by atoms with E-state index in [1.165, 1.54) is 14.0 Å². The van der Waals surface area contributed by atoms with Crippen LogP contribution in [0.25, 0.3) is 11.4 Å². The van der Waals surface area contributed by atoms with Crippen LogP contribution in [0.3, 0.4) is 0 Å². The van der Waals surface area contributed by atoms with Gasteiger partial charge in [-0.2, -0.15) is 0 Å². The average molecular weight is 392 g/mol. The minimum absolute atomic E-state index is 0.0321. The zero-order valence-corrected chi connectivity index (χ0v) is 15.6. The predicted octanol–water partition coefficient (Wildman–Crippen LogP) is 1.69. The molecule has 3 rings (SSSR count). The maximum Gasteiger partial charge on any atom is 0.305 e. The third-order valence-corrected chi connectivity index (χ3v) is 6.49. The highest BCUT2D eigenvalue weighted by Gasteiger charge is 2.20. The second-order valence-corrected chi connectivity index (χ2v) is 8.30. The Bertz CT molecular complexity index is 1080. The molecule has 8 nitrogen and oxygen atoms in total. The molecule has 0 spiro atoms. The fourth-order valence-corrected chi connectivity index (χ4v) is 4.64. The van der Waals surface area contributed by atoms with Crippen LogP contribution >= 0.6 is 11.3 Å². The smallest absolute Gasteiger partial charge is 0.305 e. The van der Waals surface area contributed by atoms with Crippen molar-refractivity contribution in [3.05, 3.63) is 57.6 Å². The van der Waals surface area contributed by atoms with E-state index in [2.05, 4.69) is 19.7 Å². The van der Waals surface area contributed by atoms with Gasteiger partial charge in [-0.3, -0.25) is 9.78 Å². The van der Waals surface area contributed by atoms with E-state index in [-0.39, 0.29) is 10.8 Å². The number of methoxy groups -OCH3 is 1. The van der Waals surface area contributed by atoms with Crippen LogP contribution in [0.1, 0.15) is 11.4 Å². The SMILES string of the molecule is COc1cc(CNS(=O)(=O)c2sc(=O)[nH]c2C)nc(-c2ccccn2)c1. The summed E-state index contributed by atoms with van der Waals surface area (Å²) in [6.07, 6.45) is 1.65. The zero-order valence-electron chi connectivity index (χ0n) is 14.0. The van der Waals surface area contributed by atoms with Gasteiger partial charge in [0.1, 0.15) is 5.75 Å². The summed E-state index contributed by atoms with van der Waals surface area (Å²) in [7, 11) is -2.30. The highest BCUT2D eigenvalue weighted by Crippen LogP contribution is 2.22. The maximum absolute atomic E-state index is 12.4. The second kappa shape index (κ2) is 7.36. The number of hydrogen-bond acceptors (Lipinski definition) is 7. The molecular weight excluding hydrogens is 376 g/mol. The lowest BCUT2D eigenvalue weighted by atomic mass is 10.2. The molecule has 2 N–H and O–H groups in total. The van der Waals surface area contributed by atoms with Gasteiger partial charge >= 0.3 is 4.87 Å². The van der Waals surface area contributed by atoms with Gasteiger partial charge in [-0.05, 0) is 19.1 Å². The Morgan fingerprint density at radius 1 is 1.27 bits per heavy atom. The molecule has 0 unspecified atom stereocenters. The molecule has 0 saturated heterocycles. The van der Waals surface area contributed by atoms with E-state index in [1.54, 1.807) is 30.5 Å². The summed E-state index contributed by atoms with van der Waals surface area (Å²) in [5.41, 5.74) is 1.99. The highest BCUT2D eigenvalue weighted by atomic mass is 32.2. The summed E-state index contributed by atoms with van der Waals surface area (Å²) in [6, 6.07) is 8.80. The van der Waals surface area contributed by atoms with Crippen LogP contribution in [-0.2, 0) is 16.6 Å². The van der Waals surface area contributed by atoms with Crippen molar-refractivity contribution >= 4 is 21.4 Å². The van der Waals surface area contributed by atoms with E-state index in [4.69, 9.17) is 4.74 Å². The Kier molecular flexibility index (Phi) is 5.16. The van der Waals surface area contributed by atoms with Crippen molar-refractivity contribution in [1.29, 1.82) is 0 Å². The molecule has 3 heterocycles. The maximum atomic E-state index is 12.4. The van der Waals surface area contributed by atoms with Crippen molar-refractivity contribution in [3.63, 3.8) is 0 Å². The third-order valence-electron chi connectivity index (χ3n) is 3.48. The molecule has 0 amide bonds. The molecule has 0 aliphatic carbocycles. The molecule has 0 bridgehead atoms. The highest BCUT2D eigenvalue weighted by molar-refractivity contribution is 7.91. The molecule has 0 aliphatic rings. The van der Waals surface area contributed by atoms with E-state index in [1.807, 2.05) is 6.07 Å². The number of nitrogens with one attached hydrogen (secondary N) is 2. The normalized spacial score (nSPS) is 11.5. The minimum atomic E-state index is -3.82. The van der Waals surface area contributed by atoms with Crippen LogP contribution in [0, 0.1) is 6.92 Å². The Morgan fingerprint density at radius 2 is 2.08 bits per heavy atom. The molecule has 0 radical (unpaired) electrons. The number of pyridine rings is 2. The molecule has 0 fully saturated rings. The molecule has 0 saturated carbocycles. The molecule has 3 aromatic heterocycles. The first kappa shape index (κ1) is 18.2. The standard InChI is InChI=1S/C16H16N4O4S2/c1-10-15(25-16(21)19-10)26(22,23)18-9-11-7-12(24-2)8-14(20-11)13-5-3-4-6-17-13/h3-8,18H,9H2,1-2H3,(H,19,21). The van der Waals surface area contributed by atoms with Gasteiger partial charge in [-0.1, -0.05) is 17.4 Å². The summed E-state index contributed by atoms with van der Waals surface area (Å²) in [5.74, 6) is 0.539. The number of aryl methyl sites for hydroxylation is 1. The van der Waals surface area contributed by atoms with Crippen LogP contribution in [0.4, 0.5) is 0 Å². The van der Waals surface area contributed by atoms with Crippen molar-refractivity contribution in [1.82, 2.24) is 19.7 Å². The van der Waals surface area contributed by atoms with E-state index in [0.717, 1.165) is 0 Å². The van der Waals surface area contributed by atoms with Gasteiger partial charge < -0.3 is 9.72 Å². The Morgan fingerprint density at radius 3 is 2.69 bits per heavy atom. The number of H-pyrrole nitrogens is 1. The number of aromatic nitrogens is 3. The van der Waals surface area contributed by atoms with Gasteiger partial charge in [-0.15, -0.1) is 0 Å². The Hall–Kier alpha value is -2.56. The largest absolute Gasteiger partial charge is 0.497 e. The summed E-state index contributed by atoms with van der Waals surface area (Å²) < 4.78 is 32.5. The first-order valence-electron chi connectivity index (χ1n) is 7.55. The number of rotatable bonds is 6. The van der Waals surface area contributed by atoms with E-state index < -0.39 is 14.9 Å².